The fourth-order valence-corrected chi connectivity index (χ4v) is 2.11. The van der Waals surface area contributed by atoms with Crippen LogP contribution >= 0.6 is 0 Å². The summed E-state index contributed by atoms with van der Waals surface area (Å²) in [7, 11) is 0. The predicted molar refractivity (Wildman–Crippen MR) is 87.0 cm³/mol. The number of allylic oxidation sites excluding steroid dienone is 4. The molecule has 0 atom stereocenters. The molecule has 0 aliphatic carbocycles. The first-order chi connectivity index (χ1) is 9.77. The molecule has 0 aromatic carbocycles. The molecule has 0 rings (SSSR count). The van der Waals surface area contributed by atoms with Crippen LogP contribution in [0.5, 0.6) is 0 Å². The molecule has 0 spiro atoms. The predicted octanol–water partition coefficient (Wildman–Crippen LogP) is 5.88. The molecule has 1 N–H and O–H groups in total. The topological polar surface area (TPSA) is 37.3 Å². The minimum absolute atomic E-state index is 0.322. The average molecular weight is 280 g/mol. The van der Waals surface area contributed by atoms with E-state index < -0.39 is 5.97 Å². The molecule has 0 aromatic heterocycles. The van der Waals surface area contributed by atoms with Crippen LogP contribution in [0.25, 0.3) is 0 Å². The Labute approximate surface area is 125 Å². The molecule has 0 aliphatic rings. The Kier molecular flexibility index (Phi) is 15.2. The van der Waals surface area contributed by atoms with E-state index in [1.165, 1.54) is 44.9 Å². The van der Waals surface area contributed by atoms with Crippen molar-refractivity contribution in [2.24, 2.45) is 0 Å². The molecule has 0 bridgehead atoms. The molecule has 20 heavy (non-hydrogen) atoms. The molecule has 0 fully saturated rings. The van der Waals surface area contributed by atoms with Gasteiger partial charge in [-0.2, -0.15) is 0 Å². The van der Waals surface area contributed by atoms with Crippen molar-refractivity contribution in [1.29, 1.82) is 0 Å². The zero-order chi connectivity index (χ0) is 14.9. The summed E-state index contributed by atoms with van der Waals surface area (Å²) in [6.07, 6.45) is 22.3. The molecule has 0 saturated carbocycles. The first kappa shape index (κ1) is 18.9. The number of rotatable bonds is 14. The number of hydrogen-bond acceptors (Lipinski definition) is 1. The normalized spacial score (nSPS) is 11.7. The number of unbranched alkanes of at least 4 members (excludes halogenated alkanes) is 9. The second kappa shape index (κ2) is 16.0. The van der Waals surface area contributed by atoms with E-state index in [-0.39, 0.29) is 0 Å². The summed E-state index contributed by atoms with van der Waals surface area (Å²) < 4.78 is 0. The third-order valence-corrected chi connectivity index (χ3v) is 3.37. The molecule has 116 valence electrons. The highest BCUT2D eigenvalue weighted by Crippen LogP contribution is 2.07. The second-order valence-electron chi connectivity index (χ2n) is 5.41. The van der Waals surface area contributed by atoms with Crippen molar-refractivity contribution in [3.63, 3.8) is 0 Å². The van der Waals surface area contributed by atoms with Crippen LogP contribution in [0.2, 0.25) is 0 Å². The quantitative estimate of drug-likeness (QED) is 0.318. The smallest absolute Gasteiger partial charge is 0.303 e. The lowest BCUT2D eigenvalue weighted by molar-refractivity contribution is -0.137. The van der Waals surface area contributed by atoms with Gasteiger partial charge in [0.25, 0.3) is 0 Å². The highest BCUT2D eigenvalue weighted by atomic mass is 16.4. The van der Waals surface area contributed by atoms with Gasteiger partial charge in [0.2, 0.25) is 0 Å². The lowest BCUT2D eigenvalue weighted by Gasteiger charge is -1.97. The summed E-state index contributed by atoms with van der Waals surface area (Å²) in [5.74, 6) is -0.672. The van der Waals surface area contributed by atoms with Crippen molar-refractivity contribution in [3.8, 4) is 0 Å². The number of carboxylic acids is 1. The third-order valence-electron chi connectivity index (χ3n) is 3.37. The standard InChI is InChI=1S/C18H32O2/c1-2-3-4-5-6-7-8-9-10-11-12-13-14-15-16-17-18(19)20/h7-10H,2-6,11-17H2,1H3,(H,19,20)/b8-7?,10-9-. The summed E-state index contributed by atoms with van der Waals surface area (Å²) in [4.78, 5) is 10.3. The van der Waals surface area contributed by atoms with Crippen LogP contribution in [0.1, 0.15) is 84.0 Å². The monoisotopic (exact) mass is 280 g/mol. The third kappa shape index (κ3) is 16.9. The number of carbonyl (C=O) groups is 1. The van der Waals surface area contributed by atoms with E-state index in [2.05, 4.69) is 31.2 Å². The molecule has 2 heteroatoms. The zero-order valence-corrected chi connectivity index (χ0v) is 13.2. The fraction of sp³-hybridized carbons (Fsp3) is 0.722. The second-order valence-corrected chi connectivity index (χ2v) is 5.41. The van der Waals surface area contributed by atoms with E-state index in [1.54, 1.807) is 0 Å². The van der Waals surface area contributed by atoms with Crippen molar-refractivity contribution in [1.82, 2.24) is 0 Å². The summed E-state index contributed by atoms with van der Waals surface area (Å²) in [5, 5.41) is 8.50. The first-order valence-electron chi connectivity index (χ1n) is 8.30. The van der Waals surface area contributed by atoms with Crippen LogP contribution < -0.4 is 0 Å². The van der Waals surface area contributed by atoms with Gasteiger partial charge in [0.05, 0.1) is 0 Å². The molecule has 0 amide bonds. The van der Waals surface area contributed by atoms with Crippen molar-refractivity contribution < 1.29 is 9.90 Å². The Morgan fingerprint density at radius 3 is 1.85 bits per heavy atom. The van der Waals surface area contributed by atoms with Gasteiger partial charge in [-0.25, -0.2) is 0 Å². The SMILES string of the molecule is CCCCCCC=C/C=C\CCCCCCCC(=O)O. The van der Waals surface area contributed by atoms with Crippen LogP contribution in [0.3, 0.4) is 0 Å². The van der Waals surface area contributed by atoms with Crippen molar-refractivity contribution in [2.45, 2.75) is 84.0 Å². The van der Waals surface area contributed by atoms with Gasteiger partial charge in [-0.15, -0.1) is 0 Å². The van der Waals surface area contributed by atoms with E-state index in [4.69, 9.17) is 5.11 Å². The summed E-state index contributed by atoms with van der Waals surface area (Å²) in [6, 6.07) is 0. The largest absolute Gasteiger partial charge is 0.481 e. The Hall–Kier alpha value is -1.05. The number of carboxylic acid groups (broad SMARTS) is 1. The molecular weight excluding hydrogens is 248 g/mol. The Bertz CT molecular complexity index is 267. The van der Waals surface area contributed by atoms with E-state index in [1.807, 2.05) is 0 Å². The maximum Gasteiger partial charge on any atom is 0.303 e. The maximum atomic E-state index is 10.3. The van der Waals surface area contributed by atoms with Gasteiger partial charge in [-0.3, -0.25) is 4.79 Å². The molecule has 0 aliphatic heterocycles. The minimum atomic E-state index is -0.672. The van der Waals surface area contributed by atoms with E-state index in [0.29, 0.717) is 6.42 Å². The zero-order valence-electron chi connectivity index (χ0n) is 13.2. The minimum Gasteiger partial charge on any atom is -0.481 e. The van der Waals surface area contributed by atoms with Gasteiger partial charge in [-0.05, 0) is 32.1 Å². The average Bonchev–Trinajstić information content (AvgIpc) is 2.43. The lowest BCUT2D eigenvalue weighted by atomic mass is 10.1. The maximum absolute atomic E-state index is 10.3. The molecule has 0 aromatic rings. The molecular formula is C18H32O2. The van der Waals surface area contributed by atoms with Crippen LogP contribution in [0.4, 0.5) is 0 Å². The van der Waals surface area contributed by atoms with Gasteiger partial charge in [0, 0.05) is 6.42 Å². The Balaban J connectivity index is 3.19. The molecule has 0 heterocycles. The molecule has 0 radical (unpaired) electrons. The molecule has 0 saturated heterocycles. The van der Waals surface area contributed by atoms with Gasteiger partial charge in [0.15, 0.2) is 0 Å². The Morgan fingerprint density at radius 2 is 1.30 bits per heavy atom. The summed E-state index contributed by atoms with van der Waals surface area (Å²) >= 11 is 0. The lowest BCUT2D eigenvalue weighted by Crippen LogP contribution is -1.93. The van der Waals surface area contributed by atoms with Crippen molar-refractivity contribution in [3.05, 3.63) is 24.3 Å². The highest BCUT2D eigenvalue weighted by molar-refractivity contribution is 5.66. The fourth-order valence-electron chi connectivity index (χ4n) is 2.11. The van der Waals surface area contributed by atoms with Crippen molar-refractivity contribution >= 4 is 5.97 Å². The molecule has 0 unspecified atom stereocenters. The van der Waals surface area contributed by atoms with Gasteiger partial charge < -0.3 is 5.11 Å². The van der Waals surface area contributed by atoms with Gasteiger partial charge >= 0.3 is 5.97 Å². The van der Waals surface area contributed by atoms with Crippen molar-refractivity contribution in [2.75, 3.05) is 0 Å². The highest BCUT2D eigenvalue weighted by Gasteiger charge is 1.95. The van der Waals surface area contributed by atoms with E-state index in [0.717, 1.165) is 25.7 Å². The van der Waals surface area contributed by atoms with Crippen LogP contribution in [0.15, 0.2) is 24.3 Å². The Morgan fingerprint density at radius 1 is 0.800 bits per heavy atom. The number of aliphatic carboxylic acids is 1. The van der Waals surface area contributed by atoms with Gasteiger partial charge in [-0.1, -0.05) is 69.8 Å². The summed E-state index contributed by atoms with van der Waals surface area (Å²) in [6.45, 7) is 2.24. The van der Waals surface area contributed by atoms with E-state index in [9.17, 15) is 4.79 Å². The summed E-state index contributed by atoms with van der Waals surface area (Å²) in [5.41, 5.74) is 0. The number of hydrogen-bond donors (Lipinski definition) is 1. The van der Waals surface area contributed by atoms with Crippen LogP contribution in [-0.2, 0) is 4.79 Å². The van der Waals surface area contributed by atoms with Crippen LogP contribution in [-0.4, -0.2) is 11.1 Å². The van der Waals surface area contributed by atoms with Gasteiger partial charge in [0.1, 0.15) is 0 Å². The first-order valence-corrected chi connectivity index (χ1v) is 8.30. The molecule has 2 nitrogen and oxygen atoms in total. The van der Waals surface area contributed by atoms with E-state index >= 15 is 0 Å². The van der Waals surface area contributed by atoms with Crippen LogP contribution in [0, 0.1) is 0 Å².